The van der Waals surface area contributed by atoms with Crippen LogP contribution in [0.5, 0.6) is 0 Å². The Kier molecular flexibility index (Phi) is 4.39. The molecule has 2 rings (SSSR count). The smallest absolute Gasteiger partial charge is 0.240 e. The molecule has 2 N–H and O–H groups in total. The van der Waals surface area contributed by atoms with E-state index in [1.165, 1.54) is 24.5 Å². The van der Waals surface area contributed by atoms with E-state index in [1.807, 2.05) is 0 Å². The summed E-state index contributed by atoms with van der Waals surface area (Å²) >= 11 is 5.83. The third-order valence-electron chi connectivity index (χ3n) is 2.72. The van der Waals surface area contributed by atoms with Gasteiger partial charge in [0.25, 0.3) is 0 Å². The van der Waals surface area contributed by atoms with Gasteiger partial charge in [-0.2, -0.15) is 0 Å². The van der Waals surface area contributed by atoms with Gasteiger partial charge in [-0.3, -0.25) is 0 Å². The predicted molar refractivity (Wildman–Crippen MR) is 72.4 cm³/mol. The Labute approximate surface area is 121 Å². The van der Waals surface area contributed by atoms with E-state index < -0.39 is 10.0 Å². The minimum absolute atomic E-state index is 0.0237. The topological polar surface area (TPSA) is 97.1 Å². The highest BCUT2D eigenvalue weighted by molar-refractivity contribution is 7.89. The van der Waals surface area contributed by atoms with E-state index in [1.54, 1.807) is 11.6 Å². The molecule has 0 aliphatic heterocycles. The predicted octanol–water partition coefficient (Wildman–Crippen LogP) is 0.439. The molecule has 0 radical (unpaired) electrons. The first-order valence-corrected chi connectivity index (χ1v) is 7.52. The largest absolute Gasteiger partial charge is 0.392 e. The molecule has 0 saturated carbocycles. The van der Waals surface area contributed by atoms with Crippen LogP contribution in [0.2, 0.25) is 5.02 Å². The maximum absolute atomic E-state index is 12.1. The molecule has 108 valence electrons. The van der Waals surface area contributed by atoms with Crippen LogP contribution in [0.15, 0.2) is 29.4 Å². The lowest BCUT2D eigenvalue weighted by Crippen LogP contribution is -2.24. The molecule has 0 atom stereocenters. The maximum atomic E-state index is 12.1. The van der Waals surface area contributed by atoms with Crippen molar-refractivity contribution in [3.63, 3.8) is 0 Å². The average Bonchev–Trinajstić information content (AvgIpc) is 2.82. The van der Waals surface area contributed by atoms with Crippen molar-refractivity contribution in [2.45, 2.75) is 18.0 Å². The van der Waals surface area contributed by atoms with Crippen LogP contribution in [0, 0.1) is 0 Å². The van der Waals surface area contributed by atoms with Gasteiger partial charge in [0, 0.05) is 12.1 Å². The zero-order valence-electron chi connectivity index (χ0n) is 10.6. The first kappa shape index (κ1) is 14.9. The summed E-state index contributed by atoms with van der Waals surface area (Å²) in [5.41, 5.74) is 0.355. The standard InChI is InChI=1S/C11H13ClN4O3S/c1-16-7-13-15-11(16)5-14-20(18,19)9-2-3-10(12)8(4-9)6-17/h2-4,7,14,17H,5-6H2,1H3. The molecule has 20 heavy (non-hydrogen) atoms. The van der Waals surface area contributed by atoms with Gasteiger partial charge >= 0.3 is 0 Å². The highest BCUT2D eigenvalue weighted by Crippen LogP contribution is 2.20. The second-order valence-corrected chi connectivity index (χ2v) is 6.27. The molecule has 0 spiro atoms. The molecule has 0 saturated heterocycles. The Bertz CT molecular complexity index is 714. The van der Waals surface area contributed by atoms with Gasteiger partial charge in [0.15, 0.2) is 0 Å². The van der Waals surface area contributed by atoms with Gasteiger partial charge in [-0.1, -0.05) is 11.6 Å². The number of nitrogens with zero attached hydrogens (tertiary/aromatic N) is 3. The van der Waals surface area contributed by atoms with Crippen LogP contribution in [0.1, 0.15) is 11.4 Å². The molecule has 0 amide bonds. The summed E-state index contributed by atoms with van der Waals surface area (Å²) in [5.74, 6) is 0.491. The number of aliphatic hydroxyl groups excluding tert-OH is 1. The van der Waals surface area contributed by atoms with Crippen LogP contribution in [0.4, 0.5) is 0 Å². The lowest BCUT2D eigenvalue weighted by Gasteiger charge is -2.08. The van der Waals surface area contributed by atoms with Crippen LogP contribution in [-0.2, 0) is 30.2 Å². The van der Waals surface area contributed by atoms with E-state index in [0.29, 0.717) is 16.4 Å². The van der Waals surface area contributed by atoms with Crippen molar-refractivity contribution in [1.29, 1.82) is 0 Å². The van der Waals surface area contributed by atoms with Gasteiger partial charge in [-0.15, -0.1) is 10.2 Å². The Morgan fingerprint density at radius 2 is 2.20 bits per heavy atom. The van der Waals surface area contributed by atoms with E-state index in [0.717, 1.165) is 0 Å². The zero-order valence-corrected chi connectivity index (χ0v) is 12.2. The molecule has 2 aromatic rings. The average molecular weight is 317 g/mol. The molecule has 0 aliphatic rings. The quantitative estimate of drug-likeness (QED) is 0.834. The number of aryl methyl sites for hydroxylation is 1. The van der Waals surface area contributed by atoms with Gasteiger partial charge in [0.2, 0.25) is 10.0 Å². The first-order valence-electron chi connectivity index (χ1n) is 5.66. The van der Waals surface area contributed by atoms with Crippen molar-refractivity contribution >= 4 is 21.6 Å². The summed E-state index contributed by atoms with van der Waals surface area (Å²) in [6, 6.07) is 4.14. The van der Waals surface area contributed by atoms with Gasteiger partial charge < -0.3 is 9.67 Å². The number of aliphatic hydroxyl groups is 1. The van der Waals surface area contributed by atoms with Crippen LogP contribution in [0.25, 0.3) is 0 Å². The minimum Gasteiger partial charge on any atom is -0.392 e. The molecule has 0 unspecified atom stereocenters. The number of nitrogens with one attached hydrogen (secondary N) is 1. The normalized spacial score (nSPS) is 11.8. The van der Waals surface area contributed by atoms with Gasteiger partial charge in [0.1, 0.15) is 12.2 Å². The van der Waals surface area contributed by atoms with Gasteiger partial charge in [-0.25, -0.2) is 13.1 Å². The van der Waals surface area contributed by atoms with Crippen molar-refractivity contribution in [3.8, 4) is 0 Å². The molecular formula is C11H13ClN4O3S. The molecule has 0 fully saturated rings. The third kappa shape index (κ3) is 3.15. The Morgan fingerprint density at radius 1 is 1.45 bits per heavy atom. The van der Waals surface area contributed by atoms with Crippen molar-refractivity contribution < 1.29 is 13.5 Å². The summed E-state index contributed by atoms with van der Waals surface area (Å²) in [6.07, 6.45) is 1.48. The molecule has 1 aromatic carbocycles. The summed E-state index contributed by atoms with van der Waals surface area (Å²) in [6.45, 7) is -0.304. The third-order valence-corrected chi connectivity index (χ3v) is 4.49. The van der Waals surface area contributed by atoms with E-state index >= 15 is 0 Å². The van der Waals surface area contributed by atoms with E-state index in [2.05, 4.69) is 14.9 Å². The fourth-order valence-electron chi connectivity index (χ4n) is 1.55. The highest BCUT2D eigenvalue weighted by Gasteiger charge is 2.16. The van der Waals surface area contributed by atoms with Crippen molar-refractivity contribution in [2.75, 3.05) is 0 Å². The molecule has 7 nitrogen and oxygen atoms in total. The maximum Gasteiger partial charge on any atom is 0.240 e. The Balaban J connectivity index is 2.20. The monoisotopic (exact) mass is 316 g/mol. The summed E-state index contributed by atoms with van der Waals surface area (Å²) in [4.78, 5) is 0.0353. The second-order valence-electron chi connectivity index (χ2n) is 4.09. The van der Waals surface area contributed by atoms with Crippen LogP contribution >= 0.6 is 11.6 Å². The molecular weight excluding hydrogens is 304 g/mol. The number of benzene rings is 1. The van der Waals surface area contributed by atoms with E-state index in [9.17, 15) is 8.42 Å². The van der Waals surface area contributed by atoms with Crippen molar-refractivity contribution in [1.82, 2.24) is 19.5 Å². The van der Waals surface area contributed by atoms with Crippen molar-refractivity contribution in [3.05, 3.63) is 40.9 Å². The minimum atomic E-state index is -3.70. The SMILES string of the molecule is Cn1cnnc1CNS(=O)(=O)c1ccc(Cl)c(CO)c1. The number of aromatic nitrogens is 3. The van der Waals surface area contributed by atoms with E-state index in [4.69, 9.17) is 16.7 Å². The fourth-order valence-corrected chi connectivity index (χ4v) is 2.76. The first-order chi connectivity index (χ1) is 9.44. The zero-order chi connectivity index (χ0) is 14.8. The van der Waals surface area contributed by atoms with Gasteiger partial charge in [-0.05, 0) is 23.8 Å². The van der Waals surface area contributed by atoms with Crippen molar-refractivity contribution in [2.24, 2.45) is 7.05 Å². The Morgan fingerprint density at radius 3 is 2.80 bits per heavy atom. The lowest BCUT2D eigenvalue weighted by atomic mass is 10.2. The lowest BCUT2D eigenvalue weighted by molar-refractivity contribution is 0.281. The molecule has 9 heteroatoms. The second kappa shape index (κ2) is 5.88. The molecule has 0 aliphatic carbocycles. The number of hydrogen-bond acceptors (Lipinski definition) is 5. The van der Waals surface area contributed by atoms with Crippen LogP contribution in [-0.4, -0.2) is 28.3 Å². The number of hydrogen-bond donors (Lipinski definition) is 2. The van der Waals surface area contributed by atoms with Crippen LogP contribution < -0.4 is 4.72 Å². The Hall–Kier alpha value is -1.48. The van der Waals surface area contributed by atoms with Gasteiger partial charge in [0.05, 0.1) is 18.0 Å². The highest BCUT2D eigenvalue weighted by atomic mass is 35.5. The molecule has 0 bridgehead atoms. The number of sulfonamides is 1. The van der Waals surface area contributed by atoms with Crippen LogP contribution in [0.3, 0.4) is 0 Å². The summed E-state index contributed by atoms with van der Waals surface area (Å²) < 4.78 is 28.3. The molecule has 1 aromatic heterocycles. The number of rotatable bonds is 5. The van der Waals surface area contributed by atoms with E-state index in [-0.39, 0.29) is 18.0 Å². The number of halogens is 1. The fraction of sp³-hybridized carbons (Fsp3) is 0.273. The molecule has 1 heterocycles. The summed E-state index contributed by atoms with van der Waals surface area (Å²) in [7, 11) is -1.99. The summed E-state index contributed by atoms with van der Waals surface area (Å²) in [5, 5.41) is 16.9.